The normalized spacial score (nSPS) is 15.2. The summed E-state index contributed by atoms with van der Waals surface area (Å²) in [6.45, 7) is -0.0940. The Bertz CT molecular complexity index is 1010. The van der Waals surface area contributed by atoms with E-state index in [2.05, 4.69) is 5.43 Å². The molecule has 0 spiro atoms. The van der Waals surface area contributed by atoms with Gasteiger partial charge in [-0.15, -0.1) is 23.1 Å². The van der Waals surface area contributed by atoms with Gasteiger partial charge in [-0.3, -0.25) is 25.1 Å². The Kier molecular flexibility index (Phi) is 7.03. The van der Waals surface area contributed by atoms with Gasteiger partial charge in [0.15, 0.2) is 4.32 Å². The maximum atomic E-state index is 12.6. The highest BCUT2D eigenvalue weighted by molar-refractivity contribution is 8.26. The standard InChI is InChI=1S/C17H13N3O5S4/c21-5-7-28-12-4-3-10(8-11(12)20(24)25)9-14-16(23)19(17(26)29-14)18-15(22)13-2-1-6-27-13/h1-4,6,8-9,21H,5,7H2,(H,18,22). The smallest absolute Gasteiger partial charge is 0.285 e. The van der Waals surface area contributed by atoms with Crippen LogP contribution in [-0.2, 0) is 4.79 Å². The van der Waals surface area contributed by atoms with Crippen molar-refractivity contribution >= 4 is 75.0 Å². The molecule has 2 amide bonds. The number of hydrazine groups is 1. The molecule has 1 saturated heterocycles. The van der Waals surface area contributed by atoms with E-state index in [1.54, 1.807) is 29.6 Å². The van der Waals surface area contributed by atoms with Crippen molar-refractivity contribution in [2.45, 2.75) is 4.90 Å². The van der Waals surface area contributed by atoms with Crippen molar-refractivity contribution in [2.24, 2.45) is 0 Å². The number of carbonyl (C=O) groups excluding carboxylic acids is 2. The molecule has 1 aliphatic rings. The average molecular weight is 468 g/mol. The first-order valence-corrected chi connectivity index (χ1v) is 11.1. The fourth-order valence-electron chi connectivity index (χ4n) is 2.32. The number of nitrogens with zero attached hydrogens (tertiary/aromatic N) is 2. The average Bonchev–Trinajstić information content (AvgIpc) is 3.32. The van der Waals surface area contributed by atoms with Crippen LogP contribution in [0, 0.1) is 10.1 Å². The molecule has 0 unspecified atom stereocenters. The van der Waals surface area contributed by atoms with E-state index in [9.17, 15) is 19.7 Å². The monoisotopic (exact) mass is 467 g/mol. The largest absolute Gasteiger partial charge is 0.396 e. The zero-order valence-corrected chi connectivity index (χ0v) is 17.8. The van der Waals surface area contributed by atoms with Crippen LogP contribution in [0.3, 0.4) is 0 Å². The third-order valence-corrected chi connectivity index (χ3v) is 6.79. The number of nitro benzene ring substituents is 1. The molecule has 1 aliphatic heterocycles. The summed E-state index contributed by atoms with van der Waals surface area (Å²) in [7, 11) is 0. The van der Waals surface area contributed by atoms with Gasteiger partial charge in [0.2, 0.25) is 0 Å². The molecular weight excluding hydrogens is 454 g/mol. The zero-order chi connectivity index (χ0) is 21.0. The number of aliphatic hydroxyl groups is 1. The van der Waals surface area contributed by atoms with Crippen LogP contribution < -0.4 is 5.43 Å². The van der Waals surface area contributed by atoms with Crippen molar-refractivity contribution in [3.8, 4) is 0 Å². The van der Waals surface area contributed by atoms with E-state index >= 15 is 0 Å². The number of benzene rings is 1. The fourth-order valence-corrected chi connectivity index (χ4v) is 4.87. The molecule has 2 N–H and O–H groups in total. The third kappa shape index (κ3) is 5.03. The predicted molar refractivity (Wildman–Crippen MR) is 118 cm³/mol. The summed E-state index contributed by atoms with van der Waals surface area (Å²) in [5, 5.41) is 23.0. The van der Waals surface area contributed by atoms with Crippen LogP contribution in [0.5, 0.6) is 0 Å². The topological polar surface area (TPSA) is 113 Å². The van der Waals surface area contributed by atoms with E-state index in [-0.39, 0.29) is 21.5 Å². The minimum Gasteiger partial charge on any atom is -0.396 e. The summed E-state index contributed by atoms with van der Waals surface area (Å²) in [6.07, 6.45) is 1.49. The molecule has 0 radical (unpaired) electrons. The second-order valence-corrected chi connectivity index (χ2v) is 9.25. The number of hydrogen-bond donors (Lipinski definition) is 2. The number of amides is 2. The van der Waals surface area contributed by atoms with Gasteiger partial charge in [0.05, 0.1) is 26.2 Å². The van der Waals surface area contributed by atoms with Crippen LogP contribution >= 0.6 is 47.1 Å². The Labute approximate surface area is 183 Å². The minimum absolute atomic E-state index is 0.0940. The van der Waals surface area contributed by atoms with Crippen molar-refractivity contribution in [3.05, 3.63) is 61.2 Å². The number of carbonyl (C=O) groups is 2. The molecule has 1 aromatic carbocycles. The molecule has 29 heavy (non-hydrogen) atoms. The van der Waals surface area contributed by atoms with Crippen LogP contribution in [0.15, 0.2) is 45.5 Å². The Morgan fingerprint density at radius 3 is 2.86 bits per heavy atom. The molecule has 0 saturated carbocycles. The Morgan fingerprint density at radius 1 is 1.41 bits per heavy atom. The van der Waals surface area contributed by atoms with Gasteiger partial charge in [0.1, 0.15) is 0 Å². The number of thioether (sulfide) groups is 2. The SMILES string of the molecule is O=C(NN1C(=O)C(=Cc2ccc(SCCO)c([N+](=O)[O-])c2)SC1=S)c1cccs1. The summed E-state index contributed by atoms with van der Waals surface area (Å²) >= 11 is 8.58. The van der Waals surface area contributed by atoms with Gasteiger partial charge in [0, 0.05) is 11.8 Å². The maximum Gasteiger partial charge on any atom is 0.285 e. The Balaban J connectivity index is 1.80. The highest BCUT2D eigenvalue weighted by Crippen LogP contribution is 2.34. The van der Waals surface area contributed by atoms with Gasteiger partial charge in [-0.2, -0.15) is 5.01 Å². The molecule has 1 aromatic heterocycles. The number of thiophene rings is 1. The summed E-state index contributed by atoms with van der Waals surface area (Å²) in [4.78, 5) is 36.7. The first-order valence-electron chi connectivity index (χ1n) is 8.05. The van der Waals surface area contributed by atoms with E-state index < -0.39 is 16.7 Å². The van der Waals surface area contributed by atoms with Gasteiger partial charge in [-0.1, -0.05) is 23.9 Å². The Morgan fingerprint density at radius 2 is 2.21 bits per heavy atom. The molecule has 0 aliphatic carbocycles. The van der Waals surface area contributed by atoms with E-state index in [1.165, 1.54) is 35.2 Å². The van der Waals surface area contributed by atoms with Gasteiger partial charge < -0.3 is 5.11 Å². The molecule has 2 heterocycles. The van der Waals surface area contributed by atoms with Crippen molar-refractivity contribution in [3.63, 3.8) is 0 Å². The van der Waals surface area contributed by atoms with Gasteiger partial charge in [0.25, 0.3) is 17.5 Å². The summed E-state index contributed by atoms with van der Waals surface area (Å²) in [5.41, 5.74) is 2.82. The number of nitrogens with one attached hydrogen (secondary N) is 1. The molecular formula is C17H13N3O5S4. The summed E-state index contributed by atoms with van der Waals surface area (Å²) in [6, 6.07) is 7.92. The fraction of sp³-hybridized carbons (Fsp3) is 0.118. The lowest BCUT2D eigenvalue weighted by molar-refractivity contribution is -0.387. The van der Waals surface area contributed by atoms with Gasteiger partial charge >= 0.3 is 0 Å². The second-order valence-electron chi connectivity index (χ2n) is 5.49. The van der Waals surface area contributed by atoms with E-state index in [0.717, 1.165) is 16.8 Å². The van der Waals surface area contributed by atoms with Gasteiger partial charge in [-0.05, 0) is 41.4 Å². The third-order valence-electron chi connectivity index (χ3n) is 3.58. The van der Waals surface area contributed by atoms with Crippen LogP contribution in [-0.4, -0.2) is 43.5 Å². The van der Waals surface area contributed by atoms with Crippen molar-refractivity contribution < 1.29 is 19.6 Å². The maximum absolute atomic E-state index is 12.6. The molecule has 3 rings (SSSR count). The summed E-state index contributed by atoms with van der Waals surface area (Å²) < 4.78 is 0.163. The van der Waals surface area contributed by atoms with Crippen LogP contribution in [0.1, 0.15) is 15.2 Å². The molecule has 2 aromatic rings. The van der Waals surface area contributed by atoms with Crippen LogP contribution in [0.2, 0.25) is 0 Å². The molecule has 150 valence electrons. The van der Waals surface area contributed by atoms with E-state index in [0.29, 0.717) is 21.1 Å². The number of hydrogen-bond acceptors (Lipinski definition) is 9. The lowest BCUT2D eigenvalue weighted by atomic mass is 10.2. The lowest BCUT2D eigenvalue weighted by Crippen LogP contribution is -2.44. The minimum atomic E-state index is -0.510. The first-order chi connectivity index (χ1) is 13.9. The van der Waals surface area contributed by atoms with Crippen molar-refractivity contribution in [1.29, 1.82) is 0 Å². The highest BCUT2D eigenvalue weighted by Gasteiger charge is 2.34. The quantitative estimate of drug-likeness (QED) is 0.210. The molecule has 8 nitrogen and oxygen atoms in total. The number of aliphatic hydroxyl groups excluding tert-OH is 1. The van der Waals surface area contributed by atoms with Crippen molar-refractivity contribution in [2.75, 3.05) is 12.4 Å². The van der Waals surface area contributed by atoms with E-state index in [1.807, 2.05) is 0 Å². The van der Waals surface area contributed by atoms with Gasteiger partial charge in [-0.25, -0.2) is 0 Å². The second kappa shape index (κ2) is 9.50. The number of thiocarbonyl (C=S) groups is 1. The zero-order valence-electron chi connectivity index (χ0n) is 14.6. The van der Waals surface area contributed by atoms with Crippen LogP contribution in [0.25, 0.3) is 6.08 Å². The highest BCUT2D eigenvalue weighted by atomic mass is 32.2. The Hall–Kier alpha value is -2.25. The van der Waals surface area contributed by atoms with Crippen molar-refractivity contribution in [1.82, 2.24) is 10.4 Å². The summed E-state index contributed by atoms with van der Waals surface area (Å²) in [5.74, 6) is -0.618. The molecule has 1 fully saturated rings. The number of rotatable bonds is 7. The lowest BCUT2D eigenvalue weighted by Gasteiger charge is -2.14. The molecule has 12 heteroatoms. The molecule has 0 bridgehead atoms. The van der Waals surface area contributed by atoms with E-state index in [4.69, 9.17) is 17.3 Å². The first kappa shape index (κ1) is 21.5. The molecule has 0 atom stereocenters. The number of nitro groups is 1. The predicted octanol–water partition coefficient (Wildman–Crippen LogP) is 3.29. The van der Waals surface area contributed by atoms with Crippen LogP contribution in [0.4, 0.5) is 5.69 Å².